The van der Waals surface area contributed by atoms with E-state index in [1.807, 2.05) is 78.9 Å². The minimum absolute atomic E-state index is 0.584. The average Bonchev–Trinajstić information content (AvgIpc) is 3.88. The van der Waals surface area contributed by atoms with Gasteiger partial charge in [0.25, 0.3) is 0 Å². The summed E-state index contributed by atoms with van der Waals surface area (Å²) in [6, 6.07) is 62.1. The number of furan rings is 2. The highest BCUT2D eigenvalue weighted by Gasteiger charge is 2.20. The predicted molar refractivity (Wildman–Crippen MR) is 234 cm³/mol. The summed E-state index contributed by atoms with van der Waals surface area (Å²) in [7, 11) is 0. The van der Waals surface area contributed by atoms with Crippen LogP contribution in [0.2, 0.25) is 0 Å². The van der Waals surface area contributed by atoms with Crippen LogP contribution in [0.3, 0.4) is 0 Å². The van der Waals surface area contributed by atoms with E-state index < -0.39 is 0 Å². The summed E-state index contributed by atoms with van der Waals surface area (Å²) in [6.07, 6.45) is 0. The zero-order valence-corrected chi connectivity index (χ0v) is 30.9. The van der Waals surface area contributed by atoms with E-state index in [4.69, 9.17) is 28.8 Å². The Hall–Kier alpha value is -7.96. The standard InChI is InChI=1S/C52H30N4O2/c1-3-13-31(14-4-1)49-38-26-28-45-48(37-20-8-10-23-43(37)58-45)47(38)40-30-34(25-27-41(40)53-49)33-17-11-18-35(29-33)51-54-50(32-15-5-2-6-16-32)55-52(56-51)39-21-12-24-44-46(39)36-19-7-9-22-42(36)57-44/h1-30H. The Morgan fingerprint density at radius 3 is 1.64 bits per heavy atom. The first kappa shape index (κ1) is 32.3. The molecule has 12 aromatic rings. The van der Waals surface area contributed by atoms with E-state index in [0.717, 1.165) is 105 Å². The van der Waals surface area contributed by atoms with Crippen LogP contribution in [-0.4, -0.2) is 19.9 Å². The van der Waals surface area contributed by atoms with Crippen molar-refractivity contribution in [2.75, 3.05) is 0 Å². The lowest BCUT2D eigenvalue weighted by atomic mass is 9.94. The molecular formula is C52H30N4O2. The topological polar surface area (TPSA) is 77.8 Å². The second-order valence-corrected chi connectivity index (χ2v) is 14.5. The van der Waals surface area contributed by atoms with Crippen LogP contribution >= 0.6 is 0 Å². The van der Waals surface area contributed by atoms with Crippen LogP contribution in [0.5, 0.6) is 0 Å². The lowest BCUT2D eigenvalue weighted by Crippen LogP contribution is -2.00. The molecule has 0 aliphatic carbocycles. The molecule has 4 aromatic heterocycles. The van der Waals surface area contributed by atoms with E-state index in [2.05, 4.69) is 103 Å². The maximum atomic E-state index is 6.41. The molecule has 0 saturated carbocycles. The second kappa shape index (κ2) is 12.8. The third-order valence-corrected chi connectivity index (χ3v) is 11.1. The molecule has 58 heavy (non-hydrogen) atoms. The first-order valence-electron chi connectivity index (χ1n) is 19.3. The monoisotopic (exact) mass is 742 g/mol. The van der Waals surface area contributed by atoms with E-state index >= 15 is 0 Å². The van der Waals surface area contributed by atoms with Crippen molar-refractivity contribution in [2.24, 2.45) is 0 Å². The molecule has 270 valence electrons. The van der Waals surface area contributed by atoms with Crippen LogP contribution in [0.4, 0.5) is 0 Å². The molecule has 6 heteroatoms. The van der Waals surface area contributed by atoms with Gasteiger partial charge in [-0.05, 0) is 59.7 Å². The van der Waals surface area contributed by atoms with Crippen LogP contribution in [0.1, 0.15) is 0 Å². The summed E-state index contributed by atoms with van der Waals surface area (Å²) in [5.74, 6) is 1.77. The smallest absolute Gasteiger partial charge is 0.164 e. The number of rotatable bonds is 5. The van der Waals surface area contributed by atoms with E-state index in [1.165, 1.54) is 0 Å². The zero-order chi connectivity index (χ0) is 38.2. The van der Waals surface area contributed by atoms with Crippen molar-refractivity contribution < 1.29 is 8.83 Å². The minimum atomic E-state index is 0.584. The molecule has 6 nitrogen and oxygen atoms in total. The van der Waals surface area contributed by atoms with Gasteiger partial charge in [-0.25, -0.2) is 19.9 Å². The molecule has 0 radical (unpaired) electrons. The Bertz CT molecular complexity index is 3570. The van der Waals surface area contributed by atoms with Gasteiger partial charge in [-0.1, -0.05) is 133 Å². The Morgan fingerprint density at radius 1 is 0.293 bits per heavy atom. The van der Waals surface area contributed by atoms with Crippen molar-refractivity contribution in [1.29, 1.82) is 0 Å². The van der Waals surface area contributed by atoms with E-state index in [9.17, 15) is 0 Å². The minimum Gasteiger partial charge on any atom is -0.456 e. The van der Waals surface area contributed by atoms with E-state index in [1.54, 1.807) is 0 Å². The fourth-order valence-corrected chi connectivity index (χ4v) is 8.44. The quantitative estimate of drug-likeness (QED) is 0.163. The first-order chi connectivity index (χ1) is 28.7. The van der Waals surface area contributed by atoms with Crippen LogP contribution in [0, 0.1) is 0 Å². The third kappa shape index (κ3) is 5.12. The highest BCUT2D eigenvalue weighted by atomic mass is 16.3. The average molecular weight is 743 g/mol. The van der Waals surface area contributed by atoms with Gasteiger partial charge in [0.1, 0.15) is 22.3 Å². The molecule has 0 amide bonds. The van der Waals surface area contributed by atoms with E-state index in [0.29, 0.717) is 17.5 Å². The van der Waals surface area contributed by atoms with Crippen molar-refractivity contribution in [3.8, 4) is 56.5 Å². The highest BCUT2D eigenvalue weighted by molar-refractivity contribution is 6.28. The van der Waals surface area contributed by atoms with Gasteiger partial charge in [-0.15, -0.1) is 0 Å². The van der Waals surface area contributed by atoms with Crippen molar-refractivity contribution in [3.63, 3.8) is 0 Å². The van der Waals surface area contributed by atoms with E-state index in [-0.39, 0.29) is 0 Å². The molecule has 0 atom stereocenters. The normalized spacial score (nSPS) is 11.8. The molecule has 0 spiro atoms. The van der Waals surface area contributed by atoms with Crippen molar-refractivity contribution in [2.45, 2.75) is 0 Å². The molecule has 0 saturated heterocycles. The van der Waals surface area contributed by atoms with Gasteiger partial charge in [-0.2, -0.15) is 0 Å². The molecular weight excluding hydrogens is 713 g/mol. The SMILES string of the molecule is c1ccc(-c2nc(-c3cccc(-c4ccc5nc(-c6ccccc6)c6ccc7oc8ccccc8c7c6c5c4)c3)nc(-c3cccc4oc5ccccc5c34)n2)cc1. The summed E-state index contributed by atoms with van der Waals surface area (Å²) in [5, 5.41) is 7.44. The van der Waals surface area contributed by atoms with Crippen LogP contribution in [-0.2, 0) is 0 Å². The second-order valence-electron chi connectivity index (χ2n) is 14.5. The maximum Gasteiger partial charge on any atom is 0.164 e. The predicted octanol–water partition coefficient (Wildman–Crippen LogP) is 13.7. The number of benzene rings is 8. The van der Waals surface area contributed by atoms with Gasteiger partial charge in [0, 0.05) is 60.0 Å². The number of hydrogen-bond donors (Lipinski definition) is 0. The number of nitrogens with zero attached hydrogens (tertiary/aromatic N) is 4. The van der Waals surface area contributed by atoms with Gasteiger partial charge >= 0.3 is 0 Å². The van der Waals surface area contributed by atoms with Crippen molar-refractivity contribution in [1.82, 2.24) is 19.9 Å². The molecule has 4 heterocycles. The van der Waals surface area contributed by atoms with Gasteiger partial charge < -0.3 is 8.83 Å². The Balaban J connectivity index is 1.06. The molecule has 0 fully saturated rings. The lowest BCUT2D eigenvalue weighted by molar-refractivity contribution is 0.668. The van der Waals surface area contributed by atoms with Gasteiger partial charge in [-0.3, -0.25) is 0 Å². The molecule has 0 bridgehead atoms. The Kier molecular flexibility index (Phi) is 7.13. The summed E-state index contributed by atoms with van der Waals surface area (Å²) >= 11 is 0. The van der Waals surface area contributed by atoms with Gasteiger partial charge in [0.05, 0.1) is 11.2 Å². The van der Waals surface area contributed by atoms with Crippen LogP contribution < -0.4 is 0 Å². The van der Waals surface area contributed by atoms with Gasteiger partial charge in [0.2, 0.25) is 0 Å². The first-order valence-corrected chi connectivity index (χ1v) is 19.3. The number of para-hydroxylation sites is 2. The number of fused-ring (bicyclic) bond motifs is 10. The molecule has 0 aliphatic rings. The van der Waals surface area contributed by atoms with Crippen molar-refractivity contribution >= 4 is 65.6 Å². The highest BCUT2D eigenvalue weighted by Crippen LogP contribution is 2.43. The maximum absolute atomic E-state index is 6.41. The summed E-state index contributed by atoms with van der Waals surface area (Å²) < 4.78 is 12.7. The van der Waals surface area contributed by atoms with Crippen LogP contribution in [0.25, 0.3) is 122 Å². The zero-order valence-electron chi connectivity index (χ0n) is 30.9. The molecule has 0 aliphatic heterocycles. The Morgan fingerprint density at radius 2 is 0.862 bits per heavy atom. The summed E-state index contributed by atoms with van der Waals surface area (Å²) in [5.41, 5.74) is 11.0. The van der Waals surface area contributed by atoms with Crippen LogP contribution in [0.15, 0.2) is 191 Å². The van der Waals surface area contributed by atoms with Crippen molar-refractivity contribution in [3.05, 3.63) is 182 Å². The molecule has 8 aromatic carbocycles. The lowest BCUT2D eigenvalue weighted by Gasteiger charge is -2.13. The van der Waals surface area contributed by atoms with Gasteiger partial charge in [0.15, 0.2) is 17.5 Å². The Labute approximate surface area is 331 Å². The summed E-state index contributed by atoms with van der Waals surface area (Å²) in [4.78, 5) is 20.6. The molecule has 0 unspecified atom stereocenters. The largest absolute Gasteiger partial charge is 0.456 e. The third-order valence-electron chi connectivity index (χ3n) is 11.1. The fourth-order valence-electron chi connectivity index (χ4n) is 8.44. The molecule has 12 rings (SSSR count). The number of aromatic nitrogens is 4. The fraction of sp³-hybridized carbons (Fsp3) is 0. The number of pyridine rings is 1. The number of hydrogen-bond acceptors (Lipinski definition) is 6. The molecule has 0 N–H and O–H groups in total. The summed E-state index contributed by atoms with van der Waals surface area (Å²) in [6.45, 7) is 0.